The SMILES string of the molecule is O=C(Nc1ccc(Cl)c(Cl)c1)N[C@H](CO)C(=O)O. The van der Waals surface area contributed by atoms with Crippen LogP contribution in [0, 0.1) is 0 Å². The molecule has 1 atom stereocenters. The van der Waals surface area contributed by atoms with Crippen molar-refractivity contribution in [2.24, 2.45) is 0 Å². The number of aliphatic hydroxyl groups is 1. The molecule has 18 heavy (non-hydrogen) atoms. The molecule has 1 aromatic carbocycles. The van der Waals surface area contributed by atoms with Crippen LogP contribution in [0.1, 0.15) is 0 Å². The van der Waals surface area contributed by atoms with Crippen LogP contribution in [0.2, 0.25) is 10.0 Å². The Morgan fingerprint density at radius 3 is 2.44 bits per heavy atom. The Kier molecular flexibility index (Phi) is 5.21. The molecule has 0 heterocycles. The number of urea groups is 1. The van der Waals surface area contributed by atoms with Crippen LogP contribution in [0.3, 0.4) is 0 Å². The molecular formula is C10H10Cl2N2O4. The molecule has 98 valence electrons. The Labute approximate surface area is 113 Å². The van der Waals surface area contributed by atoms with Gasteiger partial charge in [-0.15, -0.1) is 0 Å². The molecule has 4 N–H and O–H groups in total. The molecule has 0 aliphatic rings. The first-order valence-electron chi connectivity index (χ1n) is 4.80. The molecule has 1 rings (SSSR count). The number of carboxylic acid groups (broad SMARTS) is 1. The van der Waals surface area contributed by atoms with Crippen LogP contribution in [0.15, 0.2) is 18.2 Å². The van der Waals surface area contributed by atoms with Gasteiger partial charge >= 0.3 is 12.0 Å². The van der Waals surface area contributed by atoms with Gasteiger partial charge in [0.1, 0.15) is 0 Å². The lowest BCUT2D eigenvalue weighted by Crippen LogP contribution is -2.45. The first-order valence-corrected chi connectivity index (χ1v) is 5.56. The van der Waals surface area contributed by atoms with Crippen LogP contribution in [0.4, 0.5) is 10.5 Å². The molecule has 8 heteroatoms. The van der Waals surface area contributed by atoms with E-state index in [2.05, 4.69) is 10.6 Å². The average Bonchev–Trinajstić information content (AvgIpc) is 2.30. The first kappa shape index (κ1) is 14.6. The van der Waals surface area contributed by atoms with E-state index < -0.39 is 24.6 Å². The molecule has 0 aromatic heterocycles. The maximum absolute atomic E-state index is 11.4. The van der Waals surface area contributed by atoms with Crippen LogP contribution < -0.4 is 10.6 Å². The summed E-state index contributed by atoms with van der Waals surface area (Å²) >= 11 is 11.4. The second kappa shape index (κ2) is 6.44. The van der Waals surface area contributed by atoms with Gasteiger partial charge in [0.15, 0.2) is 6.04 Å². The number of carboxylic acids is 1. The van der Waals surface area contributed by atoms with Crippen LogP contribution in [0.5, 0.6) is 0 Å². The summed E-state index contributed by atoms with van der Waals surface area (Å²) in [6, 6.07) is 2.27. The number of halogens is 2. The van der Waals surface area contributed by atoms with Gasteiger partial charge in [0.2, 0.25) is 0 Å². The Bertz CT molecular complexity index is 467. The molecule has 6 nitrogen and oxygen atoms in total. The van der Waals surface area contributed by atoms with Crippen molar-refractivity contribution >= 4 is 40.9 Å². The van der Waals surface area contributed by atoms with E-state index in [9.17, 15) is 9.59 Å². The summed E-state index contributed by atoms with van der Waals surface area (Å²) in [6.07, 6.45) is 0. The quantitative estimate of drug-likeness (QED) is 0.677. The predicted octanol–water partition coefficient (Wildman–Crippen LogP) is 1.56. The lowest BCUT2D eigenvalue weighted by Gasteiger charge is -2.12. The molecule has 1 aromatic rings. The highest BCUT2D eigenvalue weighted by Crippen LogP contribution is 2.24. The van der Waals surface area contributed by atoms with Crippen LogP contribution in [0.25, 0.3) is 0 Å². The van der Waals surface area contributed by atoms with Crippen molar-refractivity contribution in [3.05, 3.63) is 28.2 Å². The lowest BCUT2D eigenvalue weighted by molar-refractivity contribution is -0.140. The summed E-state index contributed by atoms with van der Waals surface area (Å²) in [4.78, 5) is 22.0. The number of aliphatic hydroxyl groups excluding tert-OH is 1. The zero-order chi connectivity index (χ0) is 13.7. The Morgan fingerprint density at radius 1 is 1.28 bits per heavy atom. The van der Waals surface area contributed by atoms with E-state index in [0.29, 0.717) is 10.7 Å². The van der Waals surface area contributed by atoms with Gasteiger partial charge in [0.25, 0.3) is 0 Å². The van der Waals surface area contributed by atoms with Crippen molar-refractivity contribution in [3.63, 3.8) is 0 Å². The van der Waals surface area contributed by atoms with Gasteiger partial charge in [-0.1, -0.05) is 23.2 Å². The number of benzene rings is 1. The molecule has 0 spiro atoms. The Balaban J connectivity index is 2.64. The number of aliphatic carboxylic acids is 1. The molecular weight excluding hydrogens is 283 g/mol. The minimum absolute atomic E-state index is 0.256. The highest BCUT2D eigenvalue weighted by Gasteiger charge is 2.18. The van der Waals surface area contributed by atoms with E-state index in [1.165, 1.54) is 18.2 Å². The molecule has 0 radical (unpaired) electrons. The van der Waals surface area contributed by atoms with Gasteiger partial charge in [0, 0.05) is 5.69 Å². The van der Waals surface area contributed by atoms with Crippen LogP contribution in [-0.2, 0) is 4.79 Å². The number of hydrogen-bond donors (Lipinski definition) is 4. The van der Waals surface area contributed by atoms with Crippen molar-refractivity contribution in [2.45, 2.75) is 6.04 Å². The number of nitrogens with one attached hydrogen (secondary N) is 2. The zero-order valence-corrected chi connectivity index (χ0v) is 10.5. The van der Waals surface area contributed by atoms with E-state index in [4.69, 9.17) is 33.4 Å². The van der Waals surface area contributed by atoms with E-state index in [1.807, 2.05) is 0 Å². The summed E-state index contributed by atoms with van der Waals surface area (Å²) in [5.41, 5.74) is 0.351. The number of hydrogen-bond acceptors (Lipinski definition) is 3. The minimum atomic E-state index is -1.37. The number of carbonyl (C=O) groups is 2. The number of anilines is 1. The fraction of sp³-hybridized carbons (Fsp3) is 0.200. The minimum Gasteiger partial charge on any atom is -0.480 e. The van der Waals surface area contributed by atoms with Gasteiger partial charge in [-0.2, -0.15) is 0 Å². The standard InChI is InChI=1S/C10H10Cl2N2O4/c11-6-2-1-5(3-7(6)12)13-10(18)14-8(4-15)9(16)17/h1-3,8,15H,4H2,(H,16,17)(H2,13,14,18)/t8-/m1/s1. The van der Waals surface area contributed by atoms with E-state index >= 15 is 0 Å². The predicted molar refractivity (Wildman–Crippen MR) is 67.1 cm³/mol. The topological polar surface area (TPSA) is 98.7 Å². The van der Waals surface area contributed by atoms with Crippen molar-refractivity contribution < 1.29 is 19.8 Å². The normalized spacial score (nSPS) is 11.7. The van der Waals surface area contributed by atoms with Crippen molar-refractivity contribution in [3.8, 4) is 0 Å². The maximum atomic E-state index is 11.4. The second-order valence-corrected chi connectivity index (χ2v) is 4.12. The molecule has 0 fully saturated rings. The molecule has 0 aliphatic heterocycles. The van der Waals surface area contributed by atoms with Gasteiger partial charge in [-0.05, 0) is 18.2 Å². The van der Waals surface area contributed by atoms with Gasteiger partial charge in [0.05, 0.1) is 16.7 Å². The Hall–Kier alpha value is -1.50. The van der Waals surface area contributed by atoms with Gasteiger partial charge in [-0.25, -0.2) is 9.59 Å². The van der Waals surface area contributed by atoms with Crippen molar-refractivity contribution in [1.82, 2.24) is 5.32 Å². The average molecular weight is 293 g/mol. The number of amides is 2. The molecule has 0 bridgehead atoms. The first-order chi connectivity index (χ1) is 8.43. The number of carbonyl (C=O) groups excluding carboxylic acids is 1. The number of rotatable bonds is 4. The summed E-state index contributed by atoms with van der Waals surface area (Å²) < 4.78 is 0. The van der Waals surface area contributed by atoms with E-state index in [-0.39, 0.29) is 5.02 Å². The Morgan fingerprint density at radius 2 is 1.94 bits per heavy atom. The maximum Gasteiger partial charge on any atom is 0.328 e. The van der Waals surface area contributed by atoms with Crippen molar-refractivity contribution in [1.29, 1.82) is 0 Å². The largest absolute Gasteiger partial charge is 0.480 e. The second-order valence-electron chi connectivity index (χ2n) is 3.30. The zero-order valence-electron chi connectivity index (χ0n) is 8.98. The van der Waals surface area contributed by atoms with Crippen molar-refractivity contribution in [2.75, 3.05) is 11.9 Å². The summed E-state index contributed by atoms with van der Waals surface area (Å²) in [5.74, 6) is -1.33. The molecule has 0 aliphatic carbocycles. The van der Waals surface area contributed by atoms with E-state index in [1.54, 1.807) is 0 Å². The third-order valence-electron chi connectivity index (χ3n) is 1.96. The third kappa shape index (κ3) is 4.06. The monoisotopic (exact) mass is 292 g/mol. The highest BCUT2D eigenvalue weighted by molar-refractivity contribution is 6.42. The molecule has 0 unspecified atom stereocenters. The molecule has 2 amide bonds. The van der Waals surface area contributed by atoms with E-state index in [0.717, 1.165) is 0 Å². The smallest absolute Gasteiger partial charge is 0.328 e. The third-order valence-corrected chi connectivity index (χ3v) is 2.70. The fourth-order valence-electron chi connectivity index (χ4n) is 1.08. The molecule has 0 saturated heterocycles. The highest BCUT2D eigenvalue weighted by atomic mass is 35.5. The lowest BCUT2D eigenvalue weighted by atomic mass is 10.3. The van der Waals surface area contributed by atoms with Gasteiger partial charge in [-0.3, -0.25) is 0 Å². The summed E-state index contributed by atoms with van der Waals surface area (Å²) in [6.45, 7) is -0.704. The van der Waals surface area contributed by atoms with Gasteiger partial charge < -0.3 is 20.8 Å². The summed E-state index contributed by atoms with van der Waals surface area (Å²) in [5, 5.41) is 22.4. The molecule has 0 saturated carbocycles. The van der Waals surface area contributed by atoms with Crippen LogP contribution >= 0.6 is 23.2 Å². The van der Waals surface area contributed by atoms with Crippen LogP contribution in [-0.4, -0.2) is 34.9 Å². The summed E-state index contributed by atoms with van der Waals surface area (Å²) in [7, 11) is 0. The fourth-order valence-corrected chi connectivity index (χ4v) is 1.38.